The maximum atomic E-state index is 6.03. The summed E-state index contributed by atoms with van der Waals surface area (Å²) in [5.41, 5.74) is 7.98. The fourth-order valence-corrected chi connectivity index (χ4v) is 2.59. The molecule has 0 aliphatic rings. The minimum atomic E-state index is 0.587. The molecule has 0 radical (unpaired) electrons. The predicted octanol–water partition coefficient (Wildman–Crippen LogP) is 2.94. The van der Waals surface area contributed by atoms with Gasteiger partial charge in [-0.3, -0.25) is 4.98 Å². The smallest absolute Gasteiger partial charge is 0.201 e. The maximum absolute atomic E-state index is 6.03. The third-order valence-corrected chi connectivity index (χ3v) is 3.69. The molecule has 2 aromatic rings. The highest BCUT2D eigenvalue weighted by atomic mass is 15.2. The number of nitrogen functional groups attached to an aromatic ring is 1. The lowest BCUT2D eigenvalue weighted by Crippen LogP contribution is -2.22. The van der Waals surface area contributed by atoms with Crippen molar-refractivity contribution in [3.63, 3.8) is 0 Å². The van der Waals surface area contributed by atoms with Crippen LogP contribution in [0.1, 0.15) is 27.7 Å². The van der Waals surface area contributed by atoms with E-state index in [-0.39, 0.29) is 0 Å². The van der Waals surface area contributed by atoms with Gasteiger partial charge in [0.1, 0.15) is 5.52 Å². The van der Waals surface area contributed by atoms with E-state index in [4.69, 9.17) is 5.73 Å². The molecule has 0 aromatic carbocycles. The standard InChI is InChI=1S/C14H22N4/c1-9(2)11(10(3)4)8-18-13-5-6-16-7-12(13)17-14(18)15/h5-7,9-11H,8H2,1-4H3,(H2,15,17). The highest BCUT2D eigenvalue weighted by Crippen LogP contribution is 2.26. The van der Waals surface area contributed by atoms with Crippen LogP contribution in [0.2, 0.25) is 0 Å². The van der Waals surface area contributed by atoms with Gasteiger partial charge in [-0.1, -0.05) is 27.7 Å². The molecule has 0 aliphatic heterocycles. The zero-order valence-electron chi connectivity index (χ0n) is 11.6. The van der Waals surface area contributed by atoms with Crippen molar-refractivity contribution < 1.29 is 0 Å². The second-order valence-electron chi connectivity index (χ2n) is 5.60. The molecule has 4 heteroatoms. The van der Waals surface area contributed by atoms with Gasteiger partial charge in [-0.05, 0) is 23.8 Å². The lowest BCUT2D eigenvalue weighted by Gasteiger charge is -2.25. The van der Waals surface area contributed by atoms with Gasteiger partial charge < -0.3 is 10.3 Å². The Kier molecular flexibility index (Phi) is 3.55. The highest BCUT2D eigenvalue weighted by Gasteiger charge is 2.20. The third-order valence-electron chi connectivity index (χ3n) is 3.69. The van der Waals surface area contributed by atoms with E-state index < -0.39 is 0 Å². The number of fused-ring (bicyclic) bond motifs is 1. The van der Waals surface area contributed by atoms with Crippen LogP contribution in [-0.4, -0.2) is 14.5 Å². The molecular formula is C14H22N4. The third kappa shape index (κ3) is 2.33. The number of nitrogens with zero attached hydrogens (tertiary/aromatic N) is 3. The van der Waals surface area contributed by atoms with Crippen molar-refractivity contribution in [3.8, 4) is 0 Å². The van der Waals surface area contributed by atoms with Gasteiger partial charge in [-0.25, -0.2) is 4.98 Å². The summed E-state index contributed by atoms with van der Waals surface area (Å²) < 4.78 is 2.11. The monoisotopic (exact) mass is 246 g/mol. The van der Waals surface area contributed by atoms with E-state index >= 15 is 0 Å². The zero-order valence-corrected chi connectivity index (χ0v) is 11.6. The SMILES string of the molecule is CC(C)C(Cn1c(N)nc2cnccc21)C(C)C. The van der Waals surface area contributed by atoms with Crippen LogP contribution >= 0.6 is 0 Å². The number of imidazole rings is 1. The number of anilines is 1. The quantitative estimate of drug-likeness (QED) is 0.902. The lowest BCUT2D eigenvalue weighted by atomic mass is 9.85. The van der Waals surface area contributed by atoms with E-state index in [1.54, 1.807) is 12.4 Å². The molecule has 0 saturated carbocycles. The molecule has 0 atom stereocenters. The summed E-state index contributed by atoms with van der Waals surface area (Å²) >= 11 is 0. The molecule has 2 heterocycles. The Labute approximate surface area is 108 Å². The number of hydrogen-bond acceptors (Lipinski definition) is 3. The average molecular weight is 246 g/mol. The lowest BCUT2D eigenvalue weighted by molar-refractivity contribution is 0.255. The van der Waals surface area contributed by atoms with E-state index in [0.29, 0.717) is 23.7 Å². The first kappa shape index (κ1) is 12.9. The number of aromatic nitrogens is 3. The molecule has 0 unspecified atom stereocenters. The zero-order chi connectivity index (χ0) is 13.3. The molecule has 2 N–H and O–H groups in total. The maximum Gasteiger partial charge on any atom is 0.201 e. The Hall–Kier alpha value is -1.58. The van der Waals surface area contributed by atoms with Crippen LogP contribution in [0.4, 0.5) is 5.95 Å². The molecule has 0 amide bonds. The second-order valence-corrected chi connectivity index (χ2v) is 5.60. The molecule has 0 aliphatic carbocycles. The van der Waals surface area contributed by atoms with E-state index in [9.17, 15) is 0 Å². The molecule has 98 valence electrons. The summed E-state index contributed by atoms with van der Waals surface area (Å²) in [6.07, 6.45) is 3.56. The number of pyridine rings is 1. The van der Waals surface area contributed by atoms with E-state index in [0.717, 1.165) is 17.6 Å². The molecule has 0 bridgehead atoms. The molecule has 2 rings (SSSR count). The van der Waals surface area contributed by atoms with Gasteiger partial charge in [0, 0.05) is 12.7 Å². The molecule has 4 nitrogen and oxygen atoms in total. The summed E-state index contributed by atoms with van der Waals surface area (Å²) in [6, 6.07) is 1.98. The minimum Gasteiger partial charge on any atom is -0.369 e. The van der Waals surface area contributed by atoms with Gasteiger partial charge in [0.05, 0.1) is 11.7 Å². The Bertz CT molecular complexity index is 520. The first-order chi connectivity index (χ1) is 8.50. The molecular weight excluding hydrogens is 224 g/mol. The van der Waals surface area contributed by atoms with E-state index in [1.165, 1.54) is 0 Å². The number of nitrogens with two attached hydrogens (primary N) is 1. The Balaban J connectivity index is 2.39. The van der Waals surface area contributed by atoms with Crippen molar-refractivity contribution in [2.75, 3.05) is 5.73 Å². The van der Waals surface area contributed by atoms with Crippen LogP contribution in [0.3, 0.4) is 0 Å². The van der Waals surface area contributed by atoms with Gasteiger partial charge >= 0.3 is 0 Å². The fraction of sp³-hybridized carbons (Fsp3) is 0.571. The van der Waals surface area contributed by atoms with Gasteiger partial charge in [0.25, 0.3) is 0 Å². The summed E-state index contributed by atoms with van der Waals surface area (Å²) in [4.78, 5) is 8.45. The summed E-state index contributed by atoms with van der Waals surface area (Å²) in [5, 5.41) is 0. The van der Waals surface area contributed by atoms with Crippen LogP contribution in [0, 0.1) is 17.8 Å². The van der Waals surface area contributed by atoms with Gasteiger partial charge in [0.2, 0.25) is 5.95 Å². The minimum absolute atomic E-state index is 0.587. The van der Waals surface area contributed by atoms with Crippen molar-refractivity contribution in [2.45, 2.75) is 34.2 Å². The van der Waals surface area contributed by atoms with Crippen LogP contribution in [0.25, 0.3) is 11.0 Å². The van der Waals surface area contributed by atoms with Crippen molar-refractivity contribution in [1.29, 1.82) is 0 Å². The van der Waals surface area contributed by atoms with Gasteiger partial charge in [-0.15, -0.1) is 0 Å². The van der Waals surface area contributed by atoms with Crippen LogP contribution in [0.5, 0.6) is 0 Å². The summed E-state index contributed by atoms with van der Waals surface area (Å²) in [6.45, 7) is 9.98. The molecule has 2 aromatic heterocycles. The summed E-state index contributed by atoms with van der Waals surface area (Å²) in [7, 11) is 0. The molecule has 0 fully saturated rings. The number of hydrogen-bond donors (Lipinski definition) is 1. The molecule has 18 heavy (non-hydrogen) atoms. The Morgan fingerprint density at radius 3 is 2.50 bits per heavy atom. The average Bonchev–Trinajstić information content (AvgIpc) is 2.61. The highest BCUT2D eigenvalue weighted by molar-refractivity contribution is 5.76. The van der Waals surface area contributed by atoms with E-state index in [1.807, 2.05) is 6.07 Å². The predicted molar refractivity (Wildman–Crippen MR) is 75.1 cm³/mol. The first-order valence-electron chi connectivity index (χ1n) is 6.56. The van der Waals surface area contributed by atoms with Crippen molar-refractivity contribution in [2.24, 2.45) is 17.8 Å². The fourth-order valence-electron chi connectivity index (χ4n) is 2.59. The molecule has 0 saturated heterocycles. The van der Waals surface area contributed by atoms with Crippen LogP contribution in [0.15, 0.2) is 18.5 Å². The Morgan fingerprint density at radius 1 is 1.22 bits per heavy atom. The first-order valence-corrected chi connectivity index (χ1v) is 6.56. The largest absolute Gasteiger partial charge is 0.369 e. The van der Waals surface area contributed by atoms with Crippen LogP contribution in [-0.2, 0) is 6.54 Å². The van der Waals surface area contributed by atoms with Gasteiger partial charge in [-0.2, -0.15) is 0 Å². The van der Waals surface area contributed by atoms with E-state index in [2.05, 4.69) is 42.2 Å². The Morgan fingerprint density at radius 2 is 1.89 bits per heavy atom. The van der Waals surface area contributed by atoms with Gasteiger partial charge in [0.15, 0.2) is 0 Å². The van der Waals surface area contributed by atoms with Crippen molar-refractivity contribution in [3.05, 3.63) is 18.5 Å². The summed E-state index contributed by atoms with van der Waals surface area (Å²) in [5.74, 6) is 2.44. The second kappa shape index (κ2) is 4.96. The molecule has 0 spiro atoms. The van der Waals surface area contributed by atoms with Crippen molar-refractivity contribution in [1.82, 2.24) is 14.5 Å². The topological polar surface area (TPSA) is 56.7 Å². The van der Waals surface area contributed by atoms with Crippen molar-refractivity contribution >= 4 is 17.0 Å². The van der Waals surface area contributed by atoms with Crippen LogP contribution < -0.4 is 5.73 Å². The normalized spacial score (nSPS) is 12.2. The number of rotatable bonds is 4.